The molecule has 1 unspecified atom stereocenters. The van der Waals surface area contributed by atoms with Crippen LogP contribution < -0.4 is 0 Å². The Labute approximate surface area is 160 Å². The molecule has 1 N–H and O–H groups in total. The molecule has 0 bridgehead atoms. The van der Waals surface area contributed by atoms with Crippen LogP contribution in [-0.4, -0.2) is 38.2 Å². The number of carbonyl (C=O) groups excluding carboxylic acids is 1. The second-order valence-electron chi connectivity index (χ2n) is 6.76. The summed E-state index contributed by atoms with van der Waals surface area (Å²) in [6.45, 7) is 4.86. The molecule has 6 nitrogen and oxygen atoms in total. The third kappa shape index (κ3) is 5.58. The first-order valence-corrected chi connectivity index (χ1v) is 8.66. The third-order valence-corrected chi connectivity index (χ3v) is 4.27. The highest BCUT2D eigenvalue weighted by molar-refractivity contribution is 5.81. The minimum Gasteiger partial charge on any atom is -0.480 e. The Morgan fingerprint density at radius 2 is 1.82 bits per heavy atom. The van der Waals surface area contributed by atoms with Gasteiger partial charge in [-0.15, -0.1) is 0 Å². The normalized spacial score (nSPS) is 12.6. The number of alkyl halides is 3. The molecule has 1 aromatic heterocycles. The van der Waals surface area contributed by atoms with Gasteiger partial charge in [0.2, 0.25) is 5.91 Å². The fraction of sp³-hybridized carbons (Fsp3) is 0.421. The van der Waals surface area contributed by atoms with Crippen molar-refractivity contribution in [1.82, 2.24) is 14.7 Å². The number of aryl methyl sites for hydroxylation is 2. The Balaban J connectivity index is 2.12. The van der Waals surface area contributed by atoms with E-state index in [-0.39, 0.29) is 19.0 Å². The summed E-state index contributed by atoms with van der Waals surface area (Å²) in [4.78, 5) is 24.9. The Bertz CT molecular complexity index is 844. The van der Waals surface area contributed by atoms with Crippen molar-refractivity contribution in [1.29, 1.82) is 0 Å². The summed E-state index contributed by atoms with van der Waals surface area (Å²) in [5, 5.41) is 13.4. The van der Waals surface area contributed by atoms with Gasteiger partial charge in [-0.2, -0.15) is 18.3 Å². The molecule has 0 aliphatic carbocycles. The predicted molar refractivity (Wildman–Crippen MR) is 95.5 cm³/mol. The summed E-state index contributed by atoms with van der Waals surface area (Å²) in [5.74, 6) is -1.61. The topological polar surface area (TPSA) is 75.4 Å². The standard InChI is InChI=1S/C19H22F3N3O3/c1-12-8-13(2)25(23-12)14(3)9-17(26)24(11-18(27)28)10-15-4-6-16(7-5-15)19(20,21)22/h4-8,14H,9-11H2,1-3H3,(H,27,28). The number of aromatic nitrogens is 2. The lowest BCUT2D eigenvalue weighted by atomic mass is 10.1. The van der Waals surface area contributed by atoms with Gasteiger partial charge in [0.15, 0.2) is 0 Å². The zero-order chi connectivity index (χ0) is 21.1. The lowest BCUT2D eigenvalue weighted by molar-refractivity contribution is -0.145. The zero-order valence-electron chi connectivity index (χ0n) is 15.8. The average Bonchev–Trinajstić information content (AvgIpc) is 2.92. The highest BCUT2D eigenvalue weighted by Crippen LogP contribution is 2.29. The van der Waals surface area contributed by atoms with Gasteiger partial charge in [0, 0.05) is 18.7 Å². The monoisotopic (exact) mass is 397 g/mol. The van der Waals surface area contributed by atoms with Gasteiger partial charge in [0.1, 0.15) is 6.54 Å². The number of carboxylic acids is 1. The number of rotatable bonds is 7. The SMILES string of the molecule is Cc1cc(C)n(C(C)CC(=O)N(CC(=O)O)Cc2ccc(C(F)(F)F)cc2)n1. The van der Waals surface area contributed by atoms with Crippen LogP contribution in [0.4, 0.5) is 13.2 Å². The molecule has 1 heterocycles. The number of carboxylic acid groups (broad SMARTS) is 1. The van der Waals surface area contributed by atoms with E-state index >= 15 is 0 Å². The first kappa shape index (κ1) is 21.5. The van der Waals surface area contributed by atoms with E-state index in [9.17, 15) is 22.8 Å². The van der Waals surface area contributed by atoms with Crippen molar-refractivity contribution in [2.24, 2.45) is 0 Å². The molecule has 1 amide bonds. The third-order valence-electron chi connectivity index (χ3n) is 4.27. The van der Waals surface area contributed by atoms with Crippen LogP contribution >= 0.6 is 0 Å². The van der Waals surface area contributed by atoms with Crippen molar-refractivity contribution in [3.8, 4) is 0 Å². The van der Waals surface area contributed by atoms with Crippen LogP contribution in [0.25, 0.3) is 0 Å². The summed E-state index contributed by atoms with van der Waals surface area (Å²) in [6.07, 6.45) is -4.43. The van der Waals surface area contributed by atoms with E-state index in [1.807, 2.05) is 19.9 Å². The molecule has 1 atom stereocenters. The lowest BCUT2D eigenvalue weighted by Gasteiger charge is -2.23. The molecule has 1 aromatic carbocycles. The Morgan fingerprint density at radius 1 is 1.21 bits per heavy atom. The maximum absolute atomic E-state index is 12.7. The summed E-state index contributed by atoms with van der Waals surface area (Å²) in [7, 11) is 0. The summed E-state index contributed by atoms with van der Waals surface area (Å²) in [5.41, 5.74) is 1.31. The van der Waals surface area contributed by atoms with Gasteiger partial charge in [0.05, 0.1) is 17.3 Å². The van der Waals surface area contributed by atoms with Gasteiger partial charge in [0.25, 0.3) is 0 Å². The van der Waals surface area contributed by atoms with E-state index in [2.05, 4.69) is 5.10 Å². The van der Waals surface area contributed by atoms with Crippen LogP contribution in [-0.2, 0) is 22.3 Å². The quantitative estimate of drug-likeness (QED) is 0.775. The molecule has 0 radical (unpaired) electrons. The summed E-state index contributed by atoms with van der Waals surface area (Å²) >= 11 is 0. The minimum absolute atomic E-state index is 0.0237. The first-order valence-electron chi connectivity index (χ1n) is 8.66. The maximum atomic E-state index is 12.7. The van der Waals surface area contributed by atoms with Crippen LogP contribution in [0.2, 0.25) is 0 Å². The lowest BCUT2D eigenvalue weighted by Crippen LogP contribution is -2.36. The fourth-order valence-electron chi connectivity index (χ4n) is 2.98. The second kappa shape index (κ2) is 8.45. The molecule has 0 saturated heterocycles. The van der Waals surface area contributed by atoms with Crippen molar-refractivity contribution >= 4 is 11.9 Å². The second-order valence-corrected chi connectivity index (χ2v) is 6.76. The molecule has 2 rings (SSSR count). The molecule has 0 fully saturated rings. The molecule has 0 aliphatic rings. The Kier molecular flexibility index (Phi) is 6.48. The van der Waals surface area contributed by atoms with E-state index < -0.39 is 30.2 Å². The van der Waals surface area contributed by atoms with Crippen LogP contribution in [0.5, 0.6) is 0 Å². The first-order chi connectivity index (χ1) is 13.0. The number of benzene rings is 1. The number of aliphatic carboxylic acids is 1. The van der Waals surface area contributed by atoms with Crippen molar-refractivity contribution in [3.05, 3.63) is 52.8 Å². The van der Waals surface area contributed by atoms with Crippen molar-refractivity contribution in [2.45, 2.75) is 46.0 Å². The van der Waals surface area contributed by atoms with Crippen LogP contribution in [0.1, 0.15) is 41.9 Å². The zero-order valence-corrected chi connectivity index (χ0v) is 15.8. The van der Waals surface area contributed by atoms with Crippen molar-refractivity contribution in [3.63, 3.8) is 0 Å². The molecule has 0 aliphatic heterocycles. The van der Waals surface area contributed by atoms with Crippen LogP contribution in [0, 0.1) is 13.8 Å². The van der Waals surface area contributed by atoms with Crippen molar-refractivity contribution in [2.75, 3.05) is 6.54 Å². The Hall–Kier alpha value is -2.84. The molecular weight excluding hydrogens is 375 g/mol. The van der Waals surface area contributed by atoms with E-state index in [0.29, 0.717) is 5.56 Å². The highest BCUT2D eigenvalue weighted by Gasteiger charge is 2.30. The smallest absolute Gasteiger partial charge is 0.416 e. The van der Waals surface area contributed by atoms with Crippen molar-refractivity contribution < 1.29 is 27.9 Å². The molecule has 9 heteroatoms. The molecule has 2 aromatic rings. The van der Waals surface area contributed by atoms with E-state index in [1.165, 1.54) is 12.1 Å². The van der Waals surface area contributed by atoms with Gasteiger partial charge in [-0.25, -0.2) is 0 Å². The van der Waals surface area contributed by atoms with E-state index in [1.54, 1.807) is 11.6 Å². The number of halogens is 3. The maximum Gasteiger partial charge on any atom is 0.416 e. The Morgan fingerprint density at radius 3 is 2.29 bits per heavy atom. The van der Waals surface area contributed by atoms with E-state index in [4.69, 9.17) is 5.11 Å². The van der Waals surface area contributed by atoms with Crippen LogP contribution in [0.3, 0.4) is 0 Å². The van der Waals surface area contributed by atoms with Crippen LogP contribution in [0.15, 0.2) is 30.3 Å². The average molecular weight is 397 g/mol. The number of hydrogen-bond acceptors (Lipinski definition) is 3. The van der Waals surface area contributed by atoms with Gasteiger partial charge in [-0.3, -0.25) is 14.3 Å². The highest BCUT2D eigenvalue weighted by atomic mass is 19.4. The van der Waals surface area contributed by atoms with Gasteiger partial charge >= 0.3 is 12.1 Å². The molecular formula is C19H22F3N3O3. The summed E-state index contributed by atoms with van der Waals surface area (Å²) in [6, 6.07) is 5.91. The van der Waals surface area contributed by atoms with Gasteiger partial charge in [-0.1, -0.05) is 12.1 Å². The van der Waals surface area contributed by atoms with Gasteiger partial charge in [-0.05, 0) is 44.5 Å². The number of nitrogens with zero attached hydrogens (tertiary/aromatic N) is 3. The van der Waals surface area contributed by atoms with Gasteiger partial charge < -0.3 is 10.0 Å². The predicted octanol–water partition coefficient (Wildman–Crippen LogP) is 3.58. The molecule has 28 heavy (non-hydrogen) atoms. The number of carbonyl (C=O) groups is 2. The molecule has 0 spiro atoms. The number of hydrogen-bond donors (Lipinski definition) is 1. The molecule has 0 saturated carbocycles. The minimum atomic E-state index is -4.45. The fourth-order valence-corrected chi connectivity index (χ4v) is 2.98. The summed E-state index contributed by atoms with van der Waals surface area (Å²) < 4.78 is 39.7. The largest absolute Gasteiger partial charge is 0.480 e. The molecule has 152 valence electrons. The number of amides is 1. The van der Waals surface area contributed by atoms with E-state index in [0.717, 1.165) is 28.4 Å².